The molecule has 0 fully saturated rings. The highest BCUT2D eigenvalue weighted by Crippen LogP contribution is 2.27. The monoisotopic (exact) mass is 318 g/mol. The first kappa shape index (κ1) is 17.8. The van der Waals surface area contributed by atoms with Crippen LogP contribution in [0.4, 0.5) is 5.13 Å². The van der Waals surface area contributed by atoms with E-state index >= 15 is 0 Å². The van der Waals surface area contributed by atoms with E-state index in [-0.39, 0.29) is 11.5 Å². The Morgan fingerprint density at radius 2 is 1.90 bits per heavy atom. The van der Waals surface area contributed by atoms with Gasteiger partial charge in [-0.25, -0.2) is 9.78 Å². The van der Waals surface area contributed by atoms with E-state index in [1.165, 1.54) is 7.11 Å². The number of hydrogen-bond acceptors (Lipinski definition) is 7. The molecule has 8 heteroatoms. The third-order valence-corrected chi connectivity index (χ3v) is 3.92. The first-order chi connectivity index (χ1) is 10.1. The minimum Gasteiger partial charge on any atom is -0.477 e. The van der Waals surface area contributed by atoms with E-state index in [4.69, 9.17) is 14.2 Å². The zero-order valence-corrected chi connectivity index (χ0v) is 13.4. The average molecular weight is 318 g/mol. The molecule has 0 atom stereocenters. The number of hydrogen-bond donors (Lipinski definition) is 1. The molecule has 1 N–H and O–H groups in total. The molecule has 0 aliphatic heterocycles. The van der Waals surface area contributed by atoms with Gasteiger partial charge in [-0.1, -0.05) is 11.3 Å². The molecule has 1 rings (SSSR count). The number of aromatic nitrogens is 1. The standard InChI is InChI=1S/C13H22N2O5S/c1-18-7-4-5-15(6-8-19-2)13-14-10(9-20-3)11(21-13)12(16)17/h4-9H2,1-3H3,(H,16,17). The summed E-state index contributed by atoms with van der Waals surface area (Å²) in [6.07, 6.45) is 0.835. The van der Waals surface area contributed by atoms with E-state index in [2.05, 4.69) is 4.98 Å². The molecule has 120 valence electrons. The number of ether oxygens (including phenoxy) is 3. The van der Waals surface area contributed by atoms with E-state index < -0.39 is 5.97 Å². The summed E-state index contributed by atoms with van der Waals surface area (Å²) in [5, 5.41) is 9.90. The van der Waals surface area contributed by atoms with Crippen LogP contribution in [0.1, 0.15) is 21.8 Å². The van der Waals surface area contributed by atoms with Gasteiger partial charge in [0.05, 0.1) is 18.9 Å². The maximum atomic E-state index is 11.3. The molecule has 0 bridgehead atoms. The van der Waals surface area contributed by atoms with Crippen molar-refractivity contribution in [1.29, 1.82) is 0 Å². The normalized spacial score (nSPS) is 10.8. The van der Waals surface area contributed by atoms with Crippen LogP contribution >= 0.6 is 11.3 Å². The van der Waals surface area contributed by atoms with E-state index in [1.54, 1.807) is 14.2 Å². The van der Waals surface area contributed by atoms with Gasteiger partial charge in [0, 0.05) is 41.0 Å². The fraction of sp³-hybridized carbons (Fsp3) is 0.692. The van der Waals surface area contributed by atoms with Crippen molar-refractivity contribution in [3.8, 4) is 0 Å². The minimum absolute atomic E-state index is 0.189. The molecule has 0 aliphatic rings. The zero-order valence-electron chi connectivity index (χ0n) is 12.6. The van der Waals surface area contributed by atoms with Crippen molar-refractivity contribution in [3.63, 3.8) is 0 Å². The van der Waals surface area contributed by atoms with Gasteiger partial charge >= 0.3 is 5.97 Å². The Bertz CT molecular complexity index is 438. The van der Waals surface area contributed by atoms with Crippen molar-refractivity contribution in [3.05, 3.63) is 10.6 Å². The molecule has 0 unspecified atom stereocenters. The van der Waals surface area contributed by atoms with Crippen LogP contribution in [0.2, 0.25) is 0 Å². The molecule has 0 spiro atoms. The second kappa shape index (κ2) is 9.67. The number of aromatic carboxylic acids is 1. The molecular weight excluding hydrogens is 296 g/mol. The summed E-state index contributed by atoms with van der Waals surface area (Å²) >= 11 is 1.16. The molecule has 0 amide bonds. The number of carbonyl (C=O) groups is 1. The lowest BCUT2D eigenvalue weighted by atomic mass is 10.4. The highest BCUT2D eigenvalue weighted by atomic mass is 32.1. The molecule has 0 radical (unpaired) electrons. The minimum atomic E-state index is -0.977. The maximum Gasteiger partial charge on any atom is 0.347 e. The molecule has 1 aromatic heterocycles. The molecule has 0 saturated heterocycles. The molecular formula is C13H22N2O5S. The van der Waals surface area contributed by atoms with Gasteiger partial charge in [0.25, 0.3) is 0 Å². The largest absolute Gasteiger partial charge is 0.477 e. The number of thiazole rings is 1. The van der Waals surface area contributed by atoms with Crippen LogP contribution in [0.15, 0.2) is 0 Å². The van der Waals surface area contributed by atoms with E-state index in [0.717, 1.165) is 24.3 Å². The third-order valence-electron chi connectivity index (χ3n) is 2.77. The van der Waals surface area contributed by atoms with Gasteiger partial charge in [-0.2, -0.15) is 0 Å². The van der Waals surface area contributed by atoms with Crippen molar-refractivity contribution in [2.24, 2.45) is 0 Å². The third kappa shape index (κ3) is 5.58. The fourth-order valence-electron chi connectivity index (χ4n) is 1.78. The van der Waals surface area contributed by atoms with Crippen LogP contribution in [0.5, 0.6) is 0 Å². The van der Waals surface area contributed by atoms with Gasteiger partial charge in [0.2, 0.25) is 0 Å². The van der Waals surface area contributed by atoms with Crippen LogP contribution in [0, 0.1) is 0 Å². The number of methoxy groups -OCH3 is 3. The van der Waals surface area contributed by atoms with Crippen molar-refractivity contribution >= 4 is 22.4 Å². The smallest absolute Gasteiger partial charge is 0.347 e. The maximum absolute atomic E-state index is 11.3. The van der Waals surface area contributed by atoms with Gasteiger partial charge in [-0.3, -0.25) is 0 Å². The average Bonchev–Trinajstić information content (AvgIpc) is 2.87. The Morgan fingerprint density at radius 1 is 1.19 bits per heavy atom. The molecule has 0 saturated carbocycles. The van der Waals surface area contributed by atoms with Gasteiger partial charge in [-0.15, -0.1) is 0 Å². The Balaban J connectivity index is 2.88. The highest BCUT2D eigenvalue weighted by molar-refractivity contribution is 7.17. The summed E-state index contributed by atoms with van der Waals surface area (Å²) in [5.41, 5.74) is 0.458. The lowest BCUT2D eigenvalue weighted by Crippen LogP contribution is -2.29. The van der Waals surface area contributed by atoms with Crippen LogP contribution in [0.3, 0.4) is 0 Å². The predicted octanol–water partition coefficient (Wildman–Crippen LogP) is 1.48. The molecule has 7 nitrogen and oxygen atoms in total. The summed E-state index contributed by atoms with van der Waals surface area (Å²) in [4.78, 5) is 17.9. The Morgan fingerprint density at radius 3 is 2.48 bits per heavy atom. The van der Waals surface area contributed by atoms with Crippen molar-refractivity contribution in [1.82, 2.24) is 4.98 Å². The Labute approximate surface area is 128 Å². The van der Waals surface area contributed by atoms with E-state index in [9.17, 15) is 9.90 Å². The van der Waals surface area contributed by atoms with Crippen molar-refractivity contribution in [2.45, 2.75) is 13.0 Å². The first-order valence-corrected chi connectivity index (χ1v) is 7.40. The van der Waals surface area contributed by atoms with Crippen LogP contribution in [-0.2, 0) is 20.8 Å². The topological polar surface area (TPSA) is 81.1 Å². The first-order valence-electron chi connectivity index (χ1n) is 6.58. The van der Waals surface area contributed by atoms with Gasteiger partial charge in [0.1, 0.15) is 4.88 Å². The highest BCUT2D eigenvalue weighted by Gasteiger charge is 2.20. The zero-order chi connectivity index (χ0) is 15.7. The van der Waals surface area contributed by atoms with Gasteiger partial charge in [-0.05, 0) is 6.42 Å². The molecule has 0 aromatic carbocycles. The molecule has 21 heavy (non-hydrogen) atoms. The predicted molar refractivity (Wildman–Crippen MR) is 80.4 cm³/mol. The number of rotatable bonds is 11. The Hall–Kier alpha value is -1.22. The summed E-state index contributed by atoms with van der Waals surface area (Å²) in [5.74, 6) is -0.977. The molecule has 1 aromatic rings. The van der Waals surface area contributed by atoms with Crippen LogP contribution in [0.25, 0.3) is 0 Å². The summed E-state index contributed by atoms with van der Waals surface area (Å²) < 4.78 is 15.2. The number of anilines is 1. The van der Waals surface area contributed by atoms with E-state index in [0.29, 0.717) is 30.6 Å². The lowest BCUT2D eigenvalue weighted by Gasteiger charge is -2.21. The van der Waals surface area contributed by atoms with E-state index in [1.807, 2.05) is 4.90 Å². The van der Waals surface area contributed by atoms with Crippen LogP contribution in [-0.4, -0.2) is 63.7 Å². The van der Waals surface area contributed by atoms with Gasteiger partial charge < -0.3 is 24.2 Å². The van der Waals surface area contributed by atoms with Crippen molar-refractivity contribution in [2.75, 3.05) is 52.5 Å². The van der Waals surface area contributed by atoms with Crippen molar-refractivity contribution < 1.29 is 24.1 Å². The second-order valence-electron chi connectivity index (χ2n) is 4.34. The quantitative estimate of drug-likeness (QED) is 0.619. The number of nitrogens with zero attached hydrogens (tertiary/aromatic N) is 2. The number of carboxylic acids is 1. The molecule has 1 heterocycles. The SMILES string of the molecule is COCCCN(CCOC)c1nc(COC)c(C(=O)O)s1. The lowest BCUT2D eigenvalue weighted by molar-refractivity contribution is 0.0697. The summed E-state index contributed by atoms with van der Waals surface area (Å²) in [6.45, 7) is 2.77. The second-order valence-corrected chi connectivity index (χ2v) is 5.31. The summed E-state index contributed by atoms with van der Waals surface area (Å²) in [6, 6.07) is 0. The summed E-state index contributed by atoms with van der Waals surface area (Å²) in [7, 11) is 4.81. The number of carboxylic acid groups (broad SMARTS) is 1. The fourth-order valence-corrected chi connectivity index (χ4v) is 2.74. The Kier molecular flexibility index (Phi) is 8.21. The van der Waals surface area contributed by atoms with Gasteiger partial charge in [0.15, 0.2) is 5.13 Å². The molecule has 0 aliphatic carbocycles. The van der Waals surface area contributed by atoms with Crippen LogP contribution < -0.4 is 4.90 Å².